The Morgan fingerprint density at radius 1 is 0.769 bits per heavy atom. The van der Waals surface area contributed by atoms with Gasteiger partial charge in [-0.05, 0) is 80.0 Å². The second-order valence-electron chi connectivity index (χ2n) is 9.55. The Bertz CT molecular complexity index is 1210. The van der Waals surface area contributed by atoms with E-state index in [0.717, 1.165) is 37.9 Å². The average molecular weight is 530 g/mol. The molecule has 1 N–H and O–H groups in total. The van der Waals surface area contributed by atoms with Crippen LogP contribution in [0.25, 0.3) is 0 Å². The smallest absolute Gasteiger partial charge is 0.338 e. The van der Waals surface area contributed by atoms with Crippen LogP contribution in [0.1, 0.15) is 84.1 Å². The number of rotatable bonds is 16. The molecule has 0 fully saturated rings. The van der Waals surface area contributed by atoms with Crippen molar-refractivity contribution in [2.24, 2.45) is 0 Å². The number of hydrogen-bond donors (Lipinski definition) is 1. The van der Waals surface area contributed by atoms with Gasteiger partial charge in [-0.3, -0.25) is 9.59 Å². The van der Waals surface area contributed by atoms with E-state index in [2.05, 4.69) is 36.5 Å². The van der Waals surface area contributed by atoms with E-state index in [4.69, 9.17) is 9.47 Å². The van der Waals surface area contributed by atoms with E-state index in [1.54, 1.807) is 0 Å². The lowest BCUT2D eigenvalue weighted by molar-refractivity contribution is 0.0494. The number of nitrogens with one attached hydrogen (secondary N) is 1. The lowest BCUT2D eigenvalue weighted by Crippen LogP contribution is -2.28. The van der Waals surface area contributed by atoms with Crippen molar-refractivity contribution in [3.63, 3.8) is 0 Å². The first-order chi connectivity index (χ1) is 19.1. The molecule has 0 aliphatic heterocycles. The first-order valence-corrected chi connectivity index (χ1v) is 13.9. The van der Waals surface area contributed by atoms with Crippen LogP contribution in [0.2, 0.25) is 0 Å². The van der Waals surface area contributed by atoms with Crippen molar-refractivity contribution in [2.75, 3.05) is 19.8 Å². The topological polar surface area (TPSA) is 81.7 Å². The first kappa shape index (κ1) is 29.6. The van der Waals surface area contributed by atoms with Gasteiger partial charge in [0.05, 0.1) is 24.3 Å². The highest BCUT2D eigenvalue weighted by molar-refractivity contribution is 5.95. The summed E-state index contributed by atoms with van der Waals surface area (Å²) in [6.07, 6.45) is 6.61. The van der Waals surface area contributed by atoms with Crippen LogP contribution in [0.3, 0.4) is 0 Å². The summed E-state index contributed by atoms with van der Waals surface area (Å²) in [6, 6.07) is 25.5. The molecule has 3 rings (SSSR count). The summed E-state index contributed by atoms with van der Waals surface area (Å²) in [5, 5.41) is 2.86. The minimum absolute atomic E-state index is 0.0118. The fourth-order valence-corrected chi connectivity index (χ4v) is 4.35. The van der Waals surface area contributed by atoms with Crippen LogP contribution in [0.15, 0.2) is 89.7 Å². The quantitative estimate of drug-likeness (QED) is 0.168. The molecule has 6 heteroatoms. The SMILES string of the molecule is CCCCC(CCCNC(=O)c1ccc(C(=O)OCCCCOc2ccccc2)ccc1=O)c1ccccc1. The van der Waals surface area contributed by atoms with Crippen molar-refractivity contribution in [3.8, 4) is 5.75 Å². The molecule has 0 saturated carbocycles. The molecule has 0 spiro atoms. The van der Waals surface area contributed by atoms with Gasteiger partial charge in [0, 0.05) is 6.54 Å². The molecule has 3 aromatic rings. The highest BCUT2D eigenvalue weighted by Crippen LogP contribution is 2.26. The van der Waals surface area contributed by atoms with Gasteiger partial charge >= 0.3 is 5.97 Å². The summed E-state index contributed by atoms with van der Waals surface area (Å²) >= 11 is 0. The average Bonchev–Trinajstić information content (AvgIpc) is 3.16. The summed E-state index contributed by atoms with van der Waals surface area (Å²) in [5.41, 5.74) is 1.13. The van der Waals surface area contributed by atoms with Crippen molar-refractivity contribution < 1.29 is 19.1 Å². The first-order valence-electron chi connectivity index (χ1n) is 13.9. The molecule has 0 aromatic heterocycles. The predicted octanol–water partition coefficient (Wildman–Crippen LogP) is 6.55. The van der Waals surface area contributed by atoms with E-state index in [-0.39, 0.29) is 17.7 Å². The van der Waals surface area contributed by atoms with Gasteiger partial charge in [-0.15, -0.1) is 0 Å². The normalized spacial score (nSPS) is 11.4. The van der Waals surface area contributed by atoms with Gasteiger partial charge in [-0.2, -0.15) is 0 Å². The van der Waals surface area contributed by atoms with Crippen molar-refractivity contribution >= 4 is 11.9 Å². The number of carbonyl (C=O) groups excluding carboxylic acids is 2. The third kappa shape index (κ3) is 10.4. The third-order valence-corrected chi connectivity index (χ3v) is 6.57. The molecule has 39 heavy (non-hydrogen) atoms. The molecular weight excluding hydrogens is 490 g/mol. The summed E-state index contributed by atoms with van der Waals surface area (Å²) in [5.74, 6) is 0.305. The Morgan fingerprint density at radius 3 is 2.18 bits per heavy atom. The number of esters is 1. The molecule has 0 radical (unpaired) electrons. The Kier molecular flexibility index (Phi) is 12.8. The molecule has 206 valence electrons. The largest absolute Gasteiger partial charge is 0.494 e. The maximum Gasteiger partial charge on any atom is 0.338 e. The van der Waals surface area contributed by atoms with E-state index in [9.17, 15) is 14.4 Å². The van der Waals surface area contributed by atoms with Crippen LogP contribution in [0.5, 0.6) is 5.75 Å². The monoisotopic (exact) mass is 529 g/mol. The number of hydrogen-bond acceptors (Lipinski definition) is 5. The van der Waals surface area contributed by atoms with Crippen molar-refractivity contribution in [2.45, 2.75) is 57.8 Å². The van der Waals surface area contributed by atoms with Gasteiger partial charge in [-0.25, -0.2) is 4.79 Å². The highest BCUT2D eigenvalue weighted by atomic mass is 16.5. The number of benzene rings is 2. The fourth-order valence-electron chi connectivity index (χ4n) is 4.35. The van der Waals surface area contributed by atoms with E-state index in [1.165, 1.54) is 36.2 Å². The molecule has 1 atom stereocenters. The summed E-state index contributed by atoms with van der Waals surface area (Å²) < 4.78 is 11.0. The van der Waals surface area contributed by atoms with Gasteiger partial charge in [0.1, 0.15) is 5.75 Å². The second-order valence-corrected chi connectivity index (χ2v) is 9.55. The van der Waals surface area contributed by atoms with Gasteiger partial charge < -0.3 is 14.8 Å². The summed E-state index contributed by atoms with van der Waals surface area (Å²) in [4.78, 5) is 37.7. The summed E-state index contributed by atoms with van der Waals surface area (Å²) in [7, 11) is 0. The van der Waals surface area contributed by atoms with Crippen molar-refractivity contribution in [1.29, 1.82) is 0 Å². The number of unbranched alkanes of at least 4 members (excludes halogenated alkanes) is 2. The second kappa shape index (κ2) is 16.8. The van der Waals surface area contributed by atoms with Crippen LogP contribution >= 0.6 is 0 Å². The van der Waals surface area contributed by atoms with Crippen LogP contribution in [-0.2, 0) is 4.74 Å². The molecular formula is C33H39NO5. The lowest BCUT2D eigenvalue weighted by Gasteiger charge is -2.17. The minimum atomic E-state index is -0.528. The number of para-hydroxylation sites is 1. The molecule has 1 amide bonds. The molecule has 0 aliphatic carbocycles. The Balaban J connectivity index is 1.42. The van der Waals surface area contributed by atoms with Crippen molar-refractivity contribution in [1.82, 2.24) is 5.32 Å². The van der Waals surface area contributed by atoms with Gasteiger partial charge in [-0.1, -0.05) is 68.3 Å². The lowest BCUT2D eigenvalue weighted by atomic mass is 9.89. The third-order valence-electron chi connectivity index (χ3n) is 6.57. The molecule has 0 heterocycles. The minimum Gasteiger partial charge on any atom is -0.494 e. The highest BCUT2D eigenvalue weighted by Gasteiger charge is 2.13. The maximum atomic E-state index is 12.7. The standard InChI is InChI=1S/C33H39NO5/c1-2-3-13-26(27-14-6-4-7-15-27)16-12-23-34-32(36)30-21-19-28(20-22-31(30)35)33(37)39-25-11-10-24-38-29-17-8-5-9-18-29/h4-9,14-15,17-22,26H,2-3,10-13,16,23-25H2,1H3,(H,34,36). The molecule has 1 unspecified atom stereocenters. The number of ether oxygens (including phenoxy) is 2. The molecule has 0 bridgehead atoms. The van der Waals surface area contributed by atoms with Crippen LogP contribution < -0.4 is 15.5 Å². The van der Waals surface area contributed by atoms with E-state index >= 15 is 0 Å². The predicted molar refractivity (Wildman–Crippen MR) is 154 cm³/mol. The van der Waals surface area contributed by atoms with Crippen molar-refractivity contribution in [3.05, 3.63) is 112 Å². The zero-order valence-corrected chi connectivity index (χ0v) is 22.8. The molecule has 3 aromatic carbocycles. The fraction of sp³-hybridized carbons (Fsp3) is 0.364. The van der Waals surface area contributed by atoms with E-state index < -0.39 is 17.3 Å². The van der Waals surface area contributed by atoms with E-state index in [1.807, 2.05) is 36.4 Å². The van der Waals surface area contributed by atoms with Gasteiger partial charge in [0.15, 0.2) is 5.43 Å². The Labute approximate surface area is 231 Å². The Morgan fingerprint density at radius 2 is 1.44 bits per heavy atom. The molecule has 0 saturated heterocycles. The maximum absolute atomic E-state index is 12.7. The summed E-state index contributed by atoms with van der Waals surface area (Å²) in [6.45, 7) is 3.45. The number of carbonyl (C=O) groups is 2. The van der Waals surface area contributed by atoms with Crippen LogP contribution in [0, 0.1) is 0 Å². The molecule has 6 nitrogen and oxygen atoms in total. The zero-order valence-electron chi connectivity index (χ0n) is 22.8. The van der Waals surface area contributed by atoms with Crippen LogP contribution in [-0.4, -0.2) is 31.6 Å². The van der Waals surface area contributed by atoms with E-state index in [0.29, 0.717) is 25.5 Å². The number of amides is 1. The van der Waals surface area contributed by atoms with Crippen LogP contribution in [0.4, 0.5) is 0 Å². The molecule has 0 aliphatic rings. The van der Waals surface area contributed by atoms with Gasteiger partial charge in [0.2, 0.25) is 0 Å². The van der Waals surface area contributed by atoms with Gasteiger partial charge in [0.25, 0.3) is 5.91 Å². The zero-order chi connectivity index (χ0) is 27.7. The Hall–Kier alpha value is -3.93.